The van der Waals surface area contributed by atoms with E-state index >= 15 is 0 Å². The van der Waals surface area contributed by atoms with Crippen molar-refractivity contribution in [3.63, 3.8) is 0 Å². The van der Waals surface area contributed by atoms with E-state index in [1.807, 2.05) is 25.1 Å². The first-order chi connectivity index (χ1) is 22.1. The minimum atomic E-state index is -4.06. The van der Waals surface area contributed by atoms with Crippen LogP contribution < -0.4 is 4.74 Å². The van der Waals surface area contributed by atoms with E-state index in [0.717, 1.165) is 5.56 Å². The summed E-state index contributed by atoms with van der Waals surface area (Å²) in [5.74, 6) is -2.25. The number of carboxylic acid groups (broad SMARTS) is 1. The van der Waals surface area contributed by atoms with Crippen molar-refractivity contribution in [3.8, 4) is 5.88 Å². The Hall–Kier alpha value is -4.01. The van der Waals surface area contributed by atoms with Crippen molar-refractivity contribution in [2.75, 3.05) is 19.8 Å². The third-order valence-electron chi connectivity index (χ3n) is 9.48. The van der Waals surface area contributed by atoms with Gasteiger partial charge in [0, 0.05) is 37.7 Å². The molecule has 1 atom stereocenters. The molecule has 1 N–H and O–H groups in total. The van der Waals surface area contributed by atoms with Gasteiger partial charge in [0.25, 0.3) is 6.43 Å². The number of carbonyl (C=O) groups is 1. The molecule has 3 aromatic heterocycles. The number of aliphatic carboxylic acids is 1. The summed E-state index contributed by atoms with van der Waals surface area (Å²) in [6.07, 6.45) is 1.15. The van der Waals surface area contributed by atoms with Crippen molar-refractivity contribution in [1.82, 2.24) is 23.9 Å². The van der Waals surface area contributed by atoms with Gasteiger partial charge in [-0.3, -0.25) is 9.20 Å². The highest BCUT2D eigenvalue weighted by Crippen LogP contribution is 2.44. The third kappa shape index (κ3) is 5.76. The molecule has 0 bridgehead atoms. The second kappa shape index (κ2) is 11.9. The molecular formula is C33H37F2N5O6S. The number of alkyl halides is 2. The summed E-state index contributed by atoms with van der Waals surface area (Å²) in [4.78, 5) is 17.1. The highest BCUT2D eigenvalue weighted by molar-refractivity contribution is 7.89. The zero-order valence-electron chi connectivity index (χ0n) is 26.8. The van der Waals surface area contributed by atoms with Gasteiger partial charge in [0.15, 0.2) is 5.65 Å². The van der Waals surface area contributed by atoms with E-state index in [2.05, 4.69) is 15.2 Å². The van der Waals surface area contributed by atoms with Gasteiger partial charge < -0.3 is 14.6 Å². The maximum atomic E-state index is 14.3. The molecular weight excluding hydrogens is 632 g/mol. The summed E-state index contributed by atoms with van der Waals surface area (Å²) in [7, 11) is -4.06. The summed E-state index contributed by atoms with van der Waals surface area (Å²) in [6, 6.07) is 8.72. The Morgan fingerprint density at radius 3 is 2.51 bits per heavy atom. The van der Waals surface area contributed by atoms with Gasteiger partial charge in [-0.1, -0.05) is 18.2 Å². The number of pyridine rings is 2. The molecule has 1 spiro atoms. The maximum Gasteiger partial charge on any atom is 0.310 e. The van der Waals surface area contributed by atoms with Crippen LogP contribution in [0.3, 0.4) is 0 Å². The zero-order chi connectivity index (χ0) is 33.9. The van der Waals surface area contributed by atoms with Crippen LogP contribution in [0, 0.1) is 26.2 Å². The monoisotopic (exact) mass is 669 g/mol. The van der Waals surface area contributed by atoms with Gasteiger partial charge in [0.1, 0.15) is 10.5 Å². The SMILES string of the molecule is Cc1cnc2c(c1)S(=O)(=O)N(Cc1cc(C(c3ccn4c(C(F)F)nnc4c3C)C(C)(C)C(=O)O)ccc1C)CC1(CCOCC1)O2. The van der Waals surface area contributed by atoms with Crippen molar-refractivity contribution in [2.45, 2.75) is 76.8 Å². The molecule has 6 rings (SSSR count). The first-order valence-electron chi connectivity index (χ1n) is 15.3. The number of aromatic nitrogens is 4. The highest BCUT2D eigenvalue weighted by Gasteiger charge is 2.46. The molecule has 14 heteroatoms. The van der Waals surface area contributed by atoms with E-state index < -0.39 is 45.2 Å². The lowest BCUT2D eigenvalue weighted by Gasteiger charge is -2.38. The number of hydrogen-bond acceptors (Lipinski definition) is 8. The van der Waals surface area contributed by atoms with E-state index in [0.29, 0.717) is 53.9 Å². The first kappa shape index (κ1) is 32.9. The molecule has 5 heterocycles. The number of hydrogen-bond donors (Lipinski definition) is 1. The Morgan fingerprint density at radius 1 is 1.11 bits per heavy atom. The molecule has 47 heavy (non-hydrogen) atoms. The van der Waals surface area contributed by atoms with Crippen molar-refractivity contribution < 1.29 is 36.6 Å². The highest BCUT2D eigenvalue weighted by atomic mass is 32.2. The molecule has 250 valence electrons. The van der Waals surface area contributed by atoms with Crippen LogP contribution in [0.15, 0.2) is 47.6 Å². The van der Waals surface area contributed by atoms with Crippen LogP contribution in [0.1, 0.15) is 78.2 Å². The quantitative estimate of drug-likeness (QED) is 0.276. The second-order valence-corrected chi connectivity index (χ2v) is 15.0. The fourth-order valence-electron chi connectivity index (χ4n) is 6.63. The Kier molecular flexibility index (Phi) is 8.33. The molecule has 0 aliphatic carbocycles. The number of carboxylic acids is 1. The predicted octanol–water partition coefficient (Wildman–Crippen LogP) is 5.36. The summed E-state index contributed by atoms with van der Waals surface area (Å²) in [5.41, 5.74) is 1.91. The molecule has 4 aromatic rings. The van der Waals surface area contributed by atoms with Crippen LogP contribution in [0.5, 0.6) is 5.88 Å². The molecule has 11 nitrogen and oxygen atoms in total. The first-order valence-corrected chi connectivity index (χ1v) is 16.8. The Labute approximate surface area is 271 Å². The number of ether oxygens (including phenoxy) is 2. The van der Waals surface area contributed by atoms with Gasteiger partial charge in [-0.2, -0.15) is 4.31 Å². The fraction of sp³-hybridized carbons (Fsp3) is 0.455. The molecule has 0 amide bonds. The average molecular weight is 670 g/mol. The van der Waals surface area contributed by atoms with Crippen LogP contribution in [0.2, 0.25) is 0 Å². The smallest absolute Gasteiger partial charge is 0.310 e. The van der Waals surface area contributed by atoms with Crippen LogP contribution in [0.25, 0.3) is 5.65 Å². The Balaban J connectivity index is 1.46. The summed E-state index contributed by atoms with van der Waals surface area (Å²) in [5, 5.41) is 18.1. The van der Waals surface area contributed by atoms with Gasteiger partial charge in [0.05, 0.1) is 25.2 Å². The molecule has 1 aromatic carbocycles. The summed E-state index contributed by atoms with van der Waals surface area (Å²) >= 11 is 0. The van der Waals surface area contributed by atoms with Crippen molar-refractivity contribution >= 4 is 21.6 Å². The Bertz CT molecular complexity index is 1970. The van der Waals surface area contributed by atoms with E-state index in [4.69, 9.17) is 9.47 Å². The molecule has 1 fully saturated rings. The Morgan fingerprint density at radius 2 is 1.83 bits per heavy atom. The number of benzene rings is 1. The molecule has 1 saturated heterocycles. The second-order valence-electron chi connectivity index (χ2n) is 13.1. The lowest BCUT2D eigenvalue weighted by Crippen LogP contribution is -2.50. The van der Waals surface area contributed by atoms with Crippen LogP contribution in [-0.2, 0) is 26.1 Å². The van der Waals surface area contributed by atoms with Crippen molar-refractivity contribution in [1.29, 1.82) is 0 Å². The molecule has 0 radical (unpaired) electrons. The van der Waals surface area contributed by atoms with Gasteiger partial charge >= 0.3 is 5.97 Å². The van der Waals surface area contributed by atoms with Crippen molar-refractivity contribution in [3.05, 3.63) is 81.9 Å². The number of nitrogens with zero attached hydrogens (tertiary/aromatic N) is 5. The largest absolute Gasteiger partial charge is 0.481 e. The minimum absolute atomic E-state index is 0.0000341. The van der Waals surface area contributed by atoms with Gasteiger partial charge in [-0.15, -0.1) is 10.2 Å². The lowest BCUT2D eigenvalue weighted by atomic mass is 9.70. The maximum absolute atomic E-state index is 14.3. The van der Waals surface area contributed by atoms with Gasteiger partial charge in [-0.25, -0.2) is 22.2 Å². The minimum Gasteiger partial charge on any atom is -0.481 e. The van der Waals surface area contributed by atoms with Gasteiger partial charge in [-0.05, 0) is 80.1 Å². The summed E-state index contributed by atoms with van der Waals surface area (Å²) < 4.78 is 70.3. The number of halogens is 2. The van der Waals surface area contributed by atoms with Crippen LogP contribution in [0.4, 0.5) is 8.78 Å². The lowest BCUT2D eigenvalue weighted by molar-refractivity contribution is -0.147. The number of fused-ring (bicyclic) bond motifs is 2. The third-order valence-corrected chi connectivity index (χ3v) is 11.3. The molecule has 1 unspecified atom stereocenters. The summed E-state index contributed by atoms with van der Waals surface area (Å²) in [6.45, 7) is 9.49. The van der Waals surface area contributed by atoms with E-state index in [9.17, 15) is 27.1 Å². The normalized spacial score (nSPS) is 18.6. The standard InChI is InChI=1S/C33H37F2N5O6S/c1-19-14-25-30(36-16-19)46-33(9-12-45-13-10-33)18-39(47(25,43)44)17-23-15-22(7-6-20(23)2)26(32(4,5)31(41)42)24-8-11-40-28(21(24)3)37-38-29(40)27(34)35/h6-8,11,14-16,26-27H,9-10,12-13,17-18H2,1-5H3,(H,41,42). The van der Waals surface area contributed by atoms with E-state index in [1.165, 1.54) is 14.9 Å². The topological polar surface area (TPSA) is 136 Å². The van der Waals surface area contributed by atoms with Crippen LogP contribution >= 0.6 is 0 Å². The van der Waals surface area contributed by atoms with E-state index in [1.54, 1.807) is 46.0 Å². The average Bonchev–Trinajstić information content (AvgIpc) is 3.43. The van der Waals surface area contributed by atoms with Crippen molar-refractivity contribution in [2.24, 2.45) is 5.41 Å². The number of sulfonamides is 1. The van der Waals surface area contributed by atoms with Gasteiger partial charge in [0.2, 0.25) is 21.7 Å². The molecule has 2 aliphatic heterocycles. The number of rotatable bonds is 7. The van der Waals surface area contributed by atoms with Crippen LogP contribution in [-0.4, -0.2) is 68.7 Å². The zero-order valence-corrected chi connectivity index (χ0v) is 27.6. The molecule has 0 saturated carbocycles. The molecule has 2 aliphatic rings. The fourth-order valence-corrected chi connectivity index (χ4v) is 8.28. The van der Waals surface area contributed by atoms with E-state index in [-0.39, 0.29) is 29.5 Å². The predicted molar refractivity (Wildman–Crippen MR) is 167 cm³/mol. The number of aryl methyl sites for hydroxylation is 3.